The molecule has 0 saturated carbocycles. The van der Waals surface area contributed by atoms with Gasteiger partial charge in [0.15, 0.2) is 0 Å². The third kappa shape index (κ3) is 5.79. The first-order valence-corrected chi connectivity index (χ1v) is 10.00. The molecule has 8 heteroatoms. The van der Waals surface area contributed by atoms with Crippen molar-refractivity contribution in [1.29, 1.82) is 0 Å². The number of amides is 1. The Morgan fingerprint density at radius 3 is 2.52 bits per heavy atom. The zero-order valence-electron chi connectivity index (χ0n) is 16.0. The minimum atomic E-state index is -0.156. The van der Waals surface area contributed by atoms with Gasteiger partial charge in [0.2, 0.25) is 17.7 Å². The molecule has 0 aliphatic heterocycles. The second kappa shape index (κ2) is 10.4. The summed E-state index contributed by atoms with van der Waals surface area (Å²) in [6, 6.07) is 14.6. The molecule has 0 aliphatic carbocycles. The Hall–Kier alpha value is -2.41. The van der Waals surface area contributed by atoms with Crippen molar-refractivity contribution in [2.24, 2.45) is 0 Å². The lowest BCUT2D eigenvalue weighted by molar-refractivity contribution is -0.137. The molecule has 3 rings (SSSR count). The highest BCUT2D eigenvalue weighted by atomic mass is 35.5. The standard InChI is InChI=1S/C21H21Cl2N3O3/c1-2-11-26(20(27)14-28-13-15-7-3-5-9-17(15)22)12-19-24-25-21(29-19)16-8-4-6-10-18(16)23/h3-10H,2,11-14H2,1H3. The monoisotopic (exact) mass is 433 g/mol. The van der Waals surface area contributed by atoms with E-state index in [9.17, 15) is 4.79 Å². The first-order valence-electron chi connectivity index (χ1n) is 9.24. The van der Waals surface area contributed by atoms with Crippen LogP contribution < -0.4 is 0 Å². The van der Waals surface area contributed by atoms with Crippen LogP contribution in [-0.2, 0) is 22.7 Å². The molecule has 0 spiro atoms. The Labute approximate surface area is 179 Å². The number of aromatic nitrogens is 2. The fourth-order valence-electron chi connectivity index (χ4n) is 2.74. The molecule has 1 heterocycles. The van der Waals surface area contributed by atoms with E-state index in [1.165, 1.54) is 0 Å². The second-order valence-corrected chi connectivity index (χ2v) is 7.19. The third-order valence-electron chi connectivity index (χ3n) is 4.18. The van der Waals surface area contributed by atoms with Crippen molar-refractivity contribution >= 4 is 29.1 Å². The quantitative estimate of drug-likeness (QED) is 0.474. The largest absolute Gasteiger partial charge is 0.419 e. The summed E-state index contributed by atoms with van der Waals surface area (Å²) in [5.41, 5.74) is 1.50. The van der Waals surface area contributed by atoms with E-state index in [1.807, 2.05) is 37.3 Å². The van der Waals surface area contributed by atoms with Crippen LogP contribution in [0, 0.1) is 0 Å². The summed E-state index contributed by atoms with van der Waals surface area (Å²) in [4.78, 5) is 14.2. The molecule has 0 fully saturated rings. The van der Waals surface area contributed by atoms with Crippen molar-refractivity contribution in [3.63, 3.8) is 0 Å². The normalized spacial score (nSPS) is 10.9. The first-order chi connectivity index (χ1) is 14.1. The van der Waals surface area contributed by atoms with Crippen molar-refractivity contribution in [3.05, 3.63) is 70.0 Å². The van der Waals surface area contributed by atoms with Gasteiger partial charge in [-0.3, -0.25) is 4.79 Å². The number of rotatable bonds is 9. The summed E-state index contributed by atoms with van der Waals surface area (Å²) in [5.74, 6) is 0.508. The maximum atomic E-state index is 12.6. The summed E-state index contributed by atoms with van der Waals surface area (Å²) in [5, 5.41) is 9.24. The highest BCUT2D eigenvalue weighted by Gasteiger charge is 2.18. The van der Waals surface area contributed by atoms with Crippen molar-refractivity contribution in [2.45, 2.75) is 26.5 Å². The van der Waals surface area contributed by atoms with Crippen molar-refractivity contribution < 1.29 is 13.9 Å². The number of nitrogens with zero attached hydrogens (tertiary/aromatic N) is 3. The van der Waals surface area contributed by atoms with Crippen LogP contribution in [0.5, 0.6) is 0 Å². The van der Waals surface area contributed by atoms with Crippen LogP contribution in [0.15, 0.2) is 52.9 Å². The maximum absolute atomic E-state index is 12.6. The van der Waals surface area contributed by atoms with Crippen molar-refractivity contribution in [2.75, 3.05) is 13.2 Å². The van der Waals surface area contributed by atoms with E-state index in [0.717, 1.165) is 12.0 Å². The van der Waals surface area contributed by atoms with Crippen LogP contribution in [0.25, 0.3) is 11.5 Å². The van der Waals surface area contributed by atoms with Gasteiger partial charge in [0, 0.05) is 11.6 Å². The summed E-state index contributed by atoms with van der Waals surface area (Å²) >= 11 is 12.3. The molecule has 0 unspecified atom stereocenters. The van der Waals surface area contributed by atoms with Gasteiger partial charge in [-0.15, -0.1) is 10.2 Å². The summed E-state index contributed by atoms with van der Waals surface area (Å²) in [7, 11) is 0. The Bertz CT molecular complexity index is 962. The molecule has 0 atom stereocenters. The molecule has 1 amide bonds. The Morgan fingerprint density at radius 1 is 1.07 bits per heavy atom. The molecule has 0 N–H and O–H groups in total. The Balaban J connectivity index is 1.60. The average Bonchev–Trinajstić information content (AvgIpc) is 3.17. The van der Waals surface area contributed by atoms with Crippen LogP contribution in [0.4, 0.5) is 0 Å². The Morgan fingerprint density at radius 2 is 1.79 bits per heavy atom. The predicted molar refractivity (Wildman–Crippen MR) is 112 cm³/mol. The molecule has 0 saturated heterocycles. The van der Waals surface area contributed by atoms with Crippen LogP contribution in [0.2, 0.25) is 10.0 Å². The molecule has 0 bridgehead atoms. The SMILES string of the molecule is CCCN(Cc1nnc(-c2ccccc2Cl)o1)C(=O)COCc1ccccc1Cl. The molecule has 0 radical (unpaired) electrons. The van der Waals surface area contributed by atoms with Crippen LogP contribution in [0.3, 0.4) is 0 Å². The summed E-state index contributed by atoms with van der Waals surface area (Å²) < 4.78 is 11.3. The van der Waals surface area contributed by atoms with E-state index in [1.54, 1.807) is 23.1 Å². The van der Waals surface area contributed by atoms with Gasteiger partial charge in [-0.25, -0.2) is 0 Å². The van der Waals surface area contributed by atoms with Crippen LogP contribution in [-0.4, -0.2) is 34.2 Å². The van der Waals surface area contributed by atoms with E-state index in [2.05, 4.69) is 10.2 Å². The van der Waals surface area contributed by atoms with E-state index in [-0.39, 0.29) is 25.7 Å². The predicted octanol–water partition coefficient (Wildman–Crippen LogP) is 5.00. The second-order valence-electron chi connectivity index (χ2n) is 6.38. The molecule has 29 heavy (non-hydrogen) atoms. The Kier molecular flexibility index (Phi) is 7.63. The van der Waals surface area contributed by atoms with Crippen LogP contribution >= 0.6 is 23.2 Å². The zero-order valence-corrected chi connectivity index (χ0v) is 17.5. The van der Waals surface area contributed by atoms with E-state index in [4.69, 9.17) is 32.4 Å². The number of halogens is 2. The molecule has 6 nitrogen and oxygen atoms in total. The lowest BCUT2D eigenvalue weighted by Crippen LogP contribution is -2.34. The van der Waals surface area contributed by atoms with E-state index in [0.29, 0.717) is 33.9 Å². The highest BCUT2D eigenvalue weighted by Crippen LogP contribution is 2.26. The van der Waals surface area contributed by atoms with Crippen LogP contribution in [0.1, 0.15) is 24.8 Å². The number of carbonyl (C=O) groups is 1. The van der Waals surface area contributed by atoms with Gasteiger partial charge < -0.3 is 14.1 Å². The highest BCUT2D eigenvalue weighted by molar-refractivity contribution is 6.33. The molecular formula is C21H21Cl2N3O3. The molecular weight excluding hydrogens is 413 g/mol. The van der Waals surface area contributed by atoms with Crippen molar-refractivity contribution in [3.8, 4) is 11.5 Å². The lowest BCUT2D eigenvalue weighted by atomic mass is 10.2. The van der Waals surface area contributed by atoms with E-state index >= 15 is 0 Å². The van der Waals surface area contributed by atoms with Gasteiger partial charge in [0.25, 0.3) is 0 Å². The fraction of sp³-hybridized carbons (Fsp3) is 0.286. The molecule has 1 aromatic heterocycles. The minimum absolute atomic E-state index is 0.0588. The molecule has 2 aromatic carbocycles. The van der Waals surface area contributed by atoms with Gasteiger partial charge in [-0.05, 0) is 30.2 Å². The number of hydrogen-bond donors (Lipinski definition) is 0. The first kappa shape index (κ1) is 21.3. The van der Waals surface area contributed by atoms with E-state index < -0.39 is 0 Å². The lowest BCUT2D eigenvalue weighted by Gasteiger charge is -2.20. The average molecular weight is 434 g/mol. The van der Waals surface area contributed by atoms with Gasteiger partial charge in [0.05, 0.1) is 23.7 Å². The number of benzene rings is 2. The number of hydrogen-bond acceptors (Lipinski definition) is 5. The number of carbonyl (C=O) groups excluding carboxylic acids is 1. The van der Waals surface area contributed by atoms with Gasteiger partial charge in [-0.2, -0.15) is 0 Å². The van der Waals surface area contributed by atoms with Gasteiger partial charge in [0.1, 0.15) is 6.61 Å². The van der Waals surface area contributed by atoms with Gasteiger partial charge >= 0.3 is 0 Å². The third-order valence-corrected chi connectivity index (χ3v) is 4.88. The summed E-state index contributed by atoms with van der Waals surface area (Å²) in [6.45, 7) is 2.96. The molecule has 152 valence electrons. The smallest absolute Gasteiger partial charge is 0.249 e. The topological polar surface area (TPSA) is 68.5 Å². The molecule has 3 aromatic rings. The summed E-state index contributed by atoms with van der Waals surface area (Å²) in [6.07, 6.45) is 0.793. The van der Waals surface area contributed by atoms with Crippen molar-refractivity contribution in [1.82, 2.24) is 15.1 Å². The minimum Gasteiger partial charge on any atom is -0.419 e. The van der Waals surface area contributed by atoms with Gasteiger partial charge in [-0.1, -0.05) is 60.5 Å². The number of ether oxygens (including phenoxy) is 1. The maximum Gasteiger partial charge on any atom is 0.249 e. The molecule has 0 aliphatic rings. The zero-order chi connectivity index (χ0) is 20.6. The fourth-order valence-corrected chi connectivity index (χ4v) is 3.15.